The molecule has 0 aliphatic carbocycles. The molecular formula is C10H15N3. The van der Waals surface area contributed by atoms with E-state index in [2.05, 4.69) is 28.6 Å². The number of hydrogen-bond acceptors (Lipinski definition) is 3. The lowest BCUT2D eigenvalue weighted by molar-refractivity contribution is 0.428. The van der Waals surface area contributed by atoms with E-state index >= 15 is 0 Å². The van der Waals surface area contributed by atoms with Gasteiger partial charge < -0.3 is 10.6 Å². The van der Waals surface area contributed by atoms with Gasteiger partial charge in [0.1, 0.15) is 0 Å². The standard InChI is InChI=1S/C10H15N3/c1-8-9(3-2-4-12-8)10-7-11-5-6-13-10/h2-4,10-11,13H,5-7H2,1H3. The molecule has 0 bridgehead atoms. The van der Waals surface area contributed by atoms with Crippen molar-refractivity contribution >= 4 is 0 Å². The molecule has 1 saturated heterocycles. The van der Waals surface area contributed by atoms with Crippen LogP contribution in [0.1, 0.15) is 17.3 Å². The zero-order chi connectivity index (χ0) is 9.10. The molecule has 2 rings (SSSR count). The quantitative estimate of drug-likeness (QED) is 0.660. The van der Waals surface area contributed by atoms with E-state index in [1.807, 2.05) is 12.3 Å². The van der Waals surface area contributed by atoms with Gasteiger partial charge in [0.05, 0.1) is 0 Å². The van der Waals surface area contributed by atoms with Crippen LogP contribution in [0.15, 0.2) is 18.3 Å². The maximum atomic E-state index is 4.29. The molecule has 13 heavy (non-hydrogen) atoms. The lowest BCUT2D eigenvalue weighted by Crippen LogP contribution is -2.42. The molecule has 1 atom stereocenters. The number of nitrogens with one attached hydrogen (secondary N) is 2. The van der Waals surface area contributed by atoms with Crippen LogP contribution < -0.4 is 10.6 Å². The molecule has 1 aliphatic rings. The number of aryl methyl sites for hydroxylation is 1. The van der Waals surface area contributed by atoms with Crippen LogP contribution in [0.25, 0.3) is 0 Å². The summed E-state index contributed by atoms with van der Waals surface area (Å²) in [5.74, 6) is 0. The molecule has 1 aromatic rings. The minimum Gasteiger partial charge on any atom is -0.314 e. The summed E-state index contributed by atoms with van der Waals surface area (Å²) < 4.78 is 0. The Kier molecular flexibility index (Phi) is 2.57. The van der Waals surface area contributed by atoms with Crippen molar-refractivity contribution in [3.63, 3.8) is 0 Å². The number of nitrogens with zero attached hydrogens (tertiary/aromatic N) is 1. The van der Waals surface area contributed by atoms with Gasteiger partial charge in [0.2, 0.25) is 0 Å². The third-order valence-corrected chi connectivity index (χ3v) is 2.46. The van der Waals surface area contributed by atoms with Crippen molar-refractivity contribution in [1.82, 2.24) is 15.6 Å². The predicted octanol–water partition coefficient (Wildman–Crippen LogP) is 0.624. The number of rotatable bonds is 1. The first-order valence-corrected chi connectivity index (χ1v) is 4.73. The van der Waals surface area contributed by atoms with Gasteiger partial charge in [0.25, 0.3) is 0 Å². The van der Waals surface area contributed by atoms with E-state index in [4.69, 9.17) is 0 Å². The van der Waals surface area contributed by atoms with Crippen molar-refractivity contribution in [1.29, 1.82) is 0 Å². The third-order valence-electron chi connectivity index (χ3n) is 2.46. The van der Waals surface area contributed by atoms with Crippen molar-refractivity contribution in [2.75, 3.05) is 19.6 Å². The molecule has 0 radical (unpaired) electrons. The average molecular weight is 177 g/mol. The number of piperazine rings is 1. The summed E-state index contributed by atoms with van der Waals surface area (Å²) in [7, 11) is 0. The molecule has 0 saturated carbocycles. The van der Waals surface area contributed by atoms with Crippen molar-refractivity contribution in [2.24, 2.45) is 0 Å². The Morgan fingerprint density at radius 2 is 2.38 bits per heavy atom. The van der Waals surface area contributed by atoms with Crippen LogP contribution in [-0.2, 0) is 0 Å². The second-order valence-corrected chi connectivity index (χ2v) is 3.39. The van der Waals surface area contributed by atoms with Crippen LogP contribution in [0.3, 0.4) is 0 Å². The van der Waals surface area contributed by atoms with Crippen LogP contribution in [-0.4, -0.2) is 24.6 Å². The molecule has 1 aromatic heterocycles. The fourth-order valence-corrected chi connectivity index (χ4v) is 1.74. The Balaban J connectivity index is 2.18. The number of aromatic nitrogens is 1. The SMILES string of the molecule is Cc1ncccc1C1CNCCN1. The van der Waals surface area contributed by atoms with Crippen molar-refractivity contribution in [3.05, 3.63) is 29.6 Å². The molecule has 3 nitrogen and oxygen atoms in total. The summed E-state index contributed by atoms with van der Waals surface area (Å²) in [6.45, 7) is 5.17. The van der Waals surface area contributed by atoms with E-state index < -0.39 is 0 Å². The summed E-state index contributed by atoms with van der Waals surface area (Å²) in [4.78, 5) is 4.29. The Bertz CT molecular complexity index is 279. The highest BCUT2D eigenvalue weighted by Crippen LogP contribution is 2.15. The Hall–Kier alpha value is -0.930. The van der Waals surface area contributed by atoms with Crippen LogP contribution in [0, 0.1) is 6.92 Å². The first kappa shape index (κ1) is 8.66. The summed E-state index contributed by atoms with van der Waals surface area (Å²) in [5, 5.41) is 6.84. The maximum absolute atomic E-state index is 4.29. The largest absolute Gasteiger partial charge is 0.314 e. The summed E-state index contributed by atoms with van der Waals surface area (Å²) in [6.07, 6.45) is 1.84. The fourth-order valence-electron chi connectivity index (χ4n) is 1.74. The van der Waals surface area contributed by atoms with Gasteiger partial charge in [-0.25, -0.2) is 0 Å². The fraction of sp³-hybridized carbons (Fsp3) is 0.500. The highest BCUT2D eigenvalue weighted by molar-refractivity contribution is 5.23. The molecule has 0 aromatic carbocycles. The van der Waals surface area contributed by atoms with Gasteiger partial charge in [-0.05, 0) is 18.6 Å². The molecule has 70 valence electrons. The van der Waals surface area contributed by atoms with Crippen molar-refractivity contribution in [2.45, 2.75) is 13.0 Å². The average Bonchev–Trinajstić information content (AvgIpc) is 2.20. The van der Waals surface area contributed by atoms with Gasteiger partial charge in [-0.15, -0.1) is 0 Å². The molecule has 3 heteroatoms. The van der Waals surface area contributed by atoms with Crippen LogP contribution in [0.5, 0.6) is 0 Å². The molecule has 0 amide bonds. The summed E-state index contributed by atoms with van der Waals surface area (Å²) in [5.41, 5.74) is 2.44. The minimum absolute atomic E-state index is 0.433. The van der Waals surface area contributed by atoms with Crippen molar-refractivity contribution < 1.29 is 0 Å². The van der Waals surface area contributed by atoms with Crippen LogP contribution in [0.2, 0.25) is 0 Å². The van der Waals surface area contributed by atoms with Crippen LogP contribution >= 0.6 is 0 Å². The Morgan fingerprint density at radius 3 is 3.08 bits per heavy atom. The molecule has 0 spiro atoms. The van der Waals surface area contributed by atoms with Gasteiger partial charge in [0, 0.05) is 37.6 Å². The molecule has 1 aliphatic heterocycles. The highest BCUT2D eigenvalue weighted by Gasteiger charge is 2.15. The number of hydrogen-bond donors (Lipinski definition) is 2. The lowest BCUT2D eigenvalue weighted by Gasteiger charge is -2.25. The van der Waals surface area contributed by atoms with E-state index in [0.29, 0.717) is 6.04 Å². The van der Waals surface area contributed by atoms with Gasteiger partial charge in [-0.2, -0.15) is 0 Å². The maximum Gasteiger partial charge on any atom is 0.0465 e. The second kappa shape index (κ2) is 3.85. The molecule has 1 fully saturated rings. The van der Waals surface area contributed by atoms with Crippen LogP contribution in [0.4, 0.5) is 0 Å². The normalized spacial score (nSPS) is 23.0. The monoisotopic (exact) mass is 177 g/mol. The van der Waals surface area contributed by atoms with Gasteiger partial charge in [-0.1, -0.05) is 6.07 Å². The molecule has 2 heterocycles. The zero-order valence-electron chi connectivity index (χ0n) is 7.88. The van der Waals surface area contributed by atoms with E-state index in [1.54, 1.807) is 0 Å². The van der Waals surface area contributed by atoms with E-state index in [-0.39, 0.29) is 0 Å². The molecule has 1 unspecified atom stereocenters. The Labute approximate surface area is 78.6 Å². The third kappa shape index (κ3) is 1.87. The molecular weight excluding hydrogens is 162 g/mol. The van der Waals surface area contributed by atoms with Gasteiger partial charge in [-0.3, -0.25) is 4.98 Å². The molecule has 2 N–H and O–H groups in total. The van der Waals surface area contributed by atoms with Gasteiger partial charge >= 0.3 is 0 Å². The van der Waals surface area contributed by atoms with Gasteiger partial charge in [0.15, 0.2) is 0 Å². The number of pyridine rings is 1. The second-order valence-electron chi connectivity index (χ2n) is 3.39. The predicted molar refractivity (Wildman–Crippen MR) is 52.6 cm³/mol. The lowest BCUT2D eigenvalue weighted by atomic mass is 10.0. The highest BCUT2D eigenvalue weighted by atomic mass is 15.1. The van der Waals surface area contributed by atoms with E-state index in [1.165, 1.54) is 5.56 Å². The smallest absolute Gasteiger partial charge is 0.0465 e. The minimum atomic E-state index is 0.433. The first-order chi connectivity index (χ1) is 6.38. The zero-order valence-corrected chi connectivity index (χ0v) is 7.88. The Morgan fingerprint density at radius 1 is 1.46 bits per heavy atom. The van der Waals surface area contributed by atoms with Crippen molar-refractivity contribution in [3.8, 4) is 0 Å². The first-order valence-electron chi connectivity index (χ1n) is 4.73. The van der Waals surface area contributed by atoms with E-state index in [0.717, 1.165) is 25.3 Å². The summed E-state index contributed by atoms with van der Waals surface area (Å²) in [6, 6.07) is 4.58. The topological polar surface area (TPSA) is 37.0 Å². The van der Waals surface area contributed by atoms with E-state index in [9.17, 15) is 0 Å². The summed E-state index contributed by atoms with van der Waals surface area (Å²) >= 11 is 0.